The van der Waals surface area contributed by atoms with Gasteiger partial charge in [0.1, 0.15) is 23.8 Å². The molecule has 6 nitrogen and oxygen atoms in total. The van der Waals surface area contributed by atoms with Gasteiger partial charge in [-0.1, -0.05) is 20.8 Å². The van der Waals surface area contributed by atoms with Crippen molar-refractivity contribution in [3.63, 3.8) is 0 Å². The summed E-state index contributed by atoms with van der Waals surface area (Å²) < 4.78 is 7.96. The molecule has 2 aliphatic rings. The summed E-state index contributed by atoms with van der Waals surface area (Å²) in [5.74, 6) is 1.79. The van der Waals surface area contributed by atoms with Crippen LogP contribution in [-0.4, -0.2) is 44.0 Å². The van der Waals surface area contributed by atoms with Crippen molar-refractivity contribution in [2.45, 2.75) is 48.7 Å². The quantitative estimate of drug-likeness (QED) is 0.617. The van der Waals surface area contributed by atoms with Crippen LogP contribution < -0.4 is 10.1 Å². The number of thioether (sulfide) groups is 1. The van der Waals surface area contributed by atoms with Gasteiger partial charge in [-0.25, -0.2) is 9.97 Å². The lowest BCUT2D eigenvalue weighted by molar-refractivity contribution is 0.198. The van der Waals surface area contributed by atoms with E-state index in [9.17, 15) is 5.11 Å². The highest BCUT2D eigenvalue weighted by Gasteiger charge is 2.49. The van der Waals surface area contributed by atoms with Crippen LogP contribution in [0.2, 0.25) is 0 Å². The Morgan fingerprint density at radius 1 is 1.24 bits per heavy atom. The van der Waals surface area contributed by atoms with Gasteiger partial charge in [0.15, 0.2) is 0 Å². The molecule has 1 aliphatic carbocycles. The van der Waals surface area contributed by atoms with Crippen molar-refractivity contribution in [3.05, 3.63) is 36.3 Å². The average molecular weight is 411 g/mol. The van der Waals surface area contributed by atoms with E-state index in [-0.39, 0.29) is 18.0 Å². The SMILES string of the molecule is CC(C)(C)Sc1cn2c(-c3cnc4c(c3)C3(CC3)CN4)cnc2cc1OCCO. The Morgan fingerprint density at radius 3 is 2.79 bits per heavy atom. The highest BCUT2D eigenvalue weighted by atomic mass is 32.2. The third-order valence-electron chi connectivity index (χ3n) is 5.54. The van der Waals surface area contributed by atoms with E-state index < -0.39 is 0 Å². The molecule has 152 valence electrons. The van der Waals surface area contributed by atoms with Crippen LogP contribution in [0, 0.1) is 0 Å². The summed E-state index contributed by atoms with van der Waals surface area (Å²) in [4.78, 5) is 10.3. The lowest BCUT2D eigenvalue weighted by Gasteiger charge is -2.20. The zero-order valence-electron chi connectivity index (χ0n) is 17.0. The normalized spacial score (nSPS) is 16.8. The standard InChI is InChI=1S/C22H26N4O2S/c1-21(2,3)29-18-12-26-16(11-23-19(26)9-17(18)28-7-6-27)14-8-15-20(24-10-14)25-13-22(15)4-5-22/h8-12,27H,4-7,13H2,1-3H3,(H,24,25). The number of imidazole rings is 1. The minimum absolute atomic E-state index is 0.0128. The van der Waals surface area contributed by atoms with Gasteiger partial charge in [0, 0.05) is 46.3 Å². The highest BCUT2D eigenvalue weighted by Crippen LogP contribution is 2.54. The summed E-state index contributed by atoms with van der Waals surface area (Å²) in [6.07, 6.45) is 8.41. The molecule has 0 aromatic carbocycles. The van der Waals surface area contributed by atoms with Crippen molar-refractivity contribution >= 4 is 23.2 Å². The highest BCUT2D eigenvalue weighted by molar-refractivity contribution is 8.00. The summed E-state index contributed by atoms with van der Waals surface area (Å²) >= 11 is 1.75. The first-order valence-electron chi connectivity index (χ1n) is 10.1. The van der Waals surface area contributed by atoms with Crippen LogP contribution in [0.4, 0.5) is 5.82 Å². The number of ether oxygens (including phenoxy) is 1. The minimum atomic E-state index is -0.0128. The van der Waals surface area contributed by atoms with Gasteiger partial charge < -0.3 is 15.2 Å². The van der Waals surface area contributed by atoms with Crippen molar-refractivity contribution in [3.8, 4) is 17.0 Å². The van der Waals surface area contributed by atoms with Crippen molar-refractivity contribution in [2.24, 2.45) is 0 Å². The molecule has 2 N–H and O–H groups in total. The number of pyridine rings is 2. The van der Waals surface area contributed by atoms with Gasteiger partial charge in [-0.2, -0.15) is 0 Å². The molecule has 4 heterocycles. The van der Waals surface area contributed by atoms with Crippen LogP contribution in [0.3, 0.4) is 0 Å². The Bertz CT molecular complexity index is 1080. The topological polar surface area (TPSA) is 71.7 Å². The Balaban J connectivity index is 1.60. The Hall–Kier alpha value is -2.25. The van der Waals surface area contributed by atoms with Crippen molar-refractivity contribution in [2.75, 3.05) is 25.1 Å². The second-order valence-electron chi connectivity index (χ2n) is 8.91. The van der Waals surface area contributed by atoms with Gasteiger partial charge in [0.2, 0.25) is 0 Å². The molecule has 1 aliphatic heterocycles. The van der Waals surface area contributed by atoms with E-state index in [0.717, 1.165) is 39.9 Å². The Morgan fingerprint density at radius 2 is 2.07 bits per heavy atom. The molecule has 0 bridgehead atoms. The molecule has 29 heavy (non-hydrogen) atoms. The van der Waals surface area contributed by atoms with E-state index in [1.165, 1.54) is 18.4 Å². The fraction of sp³-hybridized carbons (Fsp3) is 0.455. The van der Waals surface area contributed by atoms with E-state index >= 15 is 0 Å². The molecular formula is C22H26N4O2S. The third kappa shape index (κ3) is 3.36. The first kappa shape index (κ1) is 18.8. The first-order valence-corrected chi connectivity index (χ1v) is 10.9. The molecule has 5 rings (SSSR count). The van der Waals surface area contributed by atoms with Crippen molar-refractivity contribution in [1.29, 1.82) is 0 Å². The molecule has 0 atom stereocenters. The van der Waals surface area contributed by atoms with Crippen LogP contribution in [0.1, 0.15) is 39.2 Å². The maximum Gasteiger partial charge on any atom is 0.140 e. The second kappa shape index (κ2) is 6.64. The number of aliphatic hydroxyl groups excluding tert-OH is 1. The summed E-state index contributed by atoms with van der Waals surface area (Å²) in [5.41, 5.74) is 4.59. The molecule has 0 saturated heterocycles. The number of hydrogen-bond donors (Lipinski definition) is 2. The van der Waals surface area contributed by atoms with Gasteiger partial charge in [0.05, 0.1) is 23.4 Å². The smallest absolute Gasteiger partial charge is 0.140 e. The lowest BCUT2D eigenvalue weighted by Crippen LogP contribution is -2.09. The number of rotatable bonds is 5. The van der Waals surface area contributed by atoms with Crippen LogP contribution in [-0.2, 0) is 5.41 Å². The maximum atomic E-state index is 9.18. The third-order valence-corrected chi connectivity index (χ3v) is 6.68. The molecule has 7 heteroatoms. The molecule has 1 saturated carbocycles. The van der Waals surface area contributed by atoms with Gasteiger partial charge >= 0.3 is 0 Å². The van der Waals surface area contributed by atoms with Crippen LogP contribution in [0.25, 0.3) is 16.9 Å². The van der Waals surface area contributed by atoms with Gasteiger partial charge in [-0.3, -0.25) is 4.40 Å². The van der Waals surface area contributed by atoms with Gasteiger partial charge in [0.25, 0.3) is 0 Å². The predicted molar refractivity (Wildman–Crippen MR) is 116 cm³/mol. The number of nitrogens with zero attached hydrogens (tertiary/aromatic N) is 3. The zero-order valence-corrected chi connectivity index (χ0v) is 17.8. The number of aliphatic hydroxyl groups is 1. The molecule has 3 aromatic heterocycles. The largest absolute Gasteiger partial charge is 0.490 e. The summed E-state index contributed by atoms with van der Waals surface area (Å²) in [6.45, 7) is 7.80. The second-order valence-corrected chi connectivity index (χ2v) is 10.8. The van der Waals surface area contributed by atoms with E-state index in [2.05, 4.69) is 52.7 Å². The van der Waals surface area contributed by atoms with Crippen LogP contribution in [0.5, 0.6) is 5.75 Å². The lowest BCUT2D eigenvalue weighted by atomic mass is 9.98. The van der Waals surface area contributed by atoms with E-state index in [4.69, 9.17) is 4.74 Å². The monoisotopic (exact) mass is 410 g/mol. The molecule has 0 radical (unpaired) electrons. The van der Waals surface area contributed by atoms with Crippen LogP contribution in [0.15, 0.2) is 35.6 Å². The molecule has 1 spiro atoms. The number of aromatic nitrogens is 3. The average Bonchev–Trinajstić information content (AvgIpc) is 3.22. The van der Waals surface area contributed by atoms with E-state index in [0.29, 0.717) is 5.41 Å². The van der Waals surface area contributed by atoms with Crippen LogP contribution >= 0.6 is 11.8 Å². The fourth-order valence-corrected chi connectivity index (χ4v) is 5.01. The zero-order chi connectivity index (χ0) is 20.2. The number of hydrogen-bond acceptors (Lipinski definition) is 6. The van der Waals surface area contributed by atoms with E-state index in [1.807, 2.05) is 18.5 Å². The molecule has 0 unspecified atom stereocenters. The molecule has 1 fully saturated rings. The van der Waals surface area contributed by atoms with Gasteiger partial charge in [-0.15, -0.1) is 11.8 Å². The molecular weight excluding hydrogens is 384 g/mol. The first-order chi connectivity index (χ1) is 13.9. The summed E-state index contributed by atoms with van der Waals surface area (Å²) in [7, 11) is 0. The summed E-state index contributed by atoms with van der Waals surface area (Å²) in [6, 6.07) is 4.24. The molecule has 3 aromatic rings. The Kier molecular flexibility index (Phi) is 4.29. The summed E-state index contributed by atoms with van der Waals surface area (Å²) in [5, 5.41) is 12.6. The molecule has 0 amide bonds. The minimum Gasteiger partial charge on any atom is -0.490 e. The van der Waals surface area contributed by atoms with Crippen molar-refractivity contribution in [1.82, 2.24) is 14.4 Å². The van der Waals surface area contributed by atoms with E-state index in [1.54, 1.807) is 11.8 Å². The number of fused-ring (bicyclic) bond motifs is 3. The Labute approximate surface area is 174 Å². The predicted octanol–water partition coefficient (Wildman–Crippen LogP) is 4.12. The number of nitrogens with one attached hydrogen (secondary N) is 1. The van der Waals surface area contributed by atoms with Crippen molar-refractivity contribution < 1.29 is 9.84 Å². The fourth-order valence-electron chi connectivity index (χ4n) is 3.97. The van der Waals surface area contributed by atoms with Gasteiger partial charge in [-0.05, 0) is 18.9 Å². The number of anilines is 1. The maximum absolute atomic E-state index is 9.18.